The Morgan fingerprint density at radius 2 is 0.884 bits per heavy atom. The van der Waals surface area contributed by atoms with E-state index in [-0.39, 0.29) is 10.8 Å². The molecular formula is C67H53NS. The summed E-state index contributed by atoms with van der Waals surface area (Å²) < 4.78 is 2.59. The molecule has 1 nitrogen and oxygen atoms in total. The van der Waals surface area contributed by atoms with Gasteiger partial charge < -0.3 is 4.90 Å². The van der Waals surface area contributed by atoms with Crippen molar-refractivity contribution < 1.29 is 0 Å². The lowest BCUT2D eigenvalue weighted by Gasteiger charge is -2.33. The average molecular weight is 904 g/mol. The molecule has 0 fully saturated rings. The third-order valence-electron chi connectivity index (χ3n) is 15.2. The lowest BCUT2D eigenvalue weighted by molar-refractivity contribution is 0.586. The summed E-state index contributed by atoms with van der Waals surface area (Å²) in [6.07, 6.45) is 0. The van der Waals surface area contributed by atoms with Crippen molar-refractivity contribution in [1.29, 1.82) is 0 Å². The summed E-state index contributed by atoms with van der Waals surface area (Å²) in [5.41, 5.74) is 21.3. The molecule has 0 saturated carbocycles. The van der Waals surface area contributed by atoms with Crippen LogP contribution in [0.2, 0.25) is 0 Å². The maximum absolute atomic E-state index is 2.54. The van der Waals surface area contributed by atoms with Crippen molar-refractivity contribution in [2.24, 2.45) is 0 Å². The van der Waals surface area contributed by atoms with Gasteiger partial charge >= 0.3 is 0 Å². The molecule has 10 aromatic carbocycles. The predicted molar refractivity (Wildman–Crippen MR) is 296 cm³/mol. The summed E-state index contributed by atoms with van der Waals surface area (Å²) >= 11 is 1.87. The van der Waals surface area contributed by atoms with Gasteiger partial charge in [-0.1, -0.05) is 211 Å². The van der Waals surface area contributed by atoms with Crippen molar-refractivity contribution in [3.8, 4) is 44.5 Å². The Labute approximate surface area is 410 Å². The molecule has 332 valence electrons. The van der Waals surface area contributed by atoms with Gasteiger partial charge in [-0.25, -0.2) is 0 Å². The van der Waals surface area contributed by atoms with Crippen molar-refractivity contribution >= 4 is 59.3 Å². The highest BCUT2D eigenvalue weighted by Gasteiger charge is 2.52. The van der Waals surface area contributed by atoms with E-state index in [4.69, 9.17) is 0 Å². The number of thiophene rings is 1. The lowest BCUT2D eigenvalue weighted by Crippen LogP contribution is -2.27. The Balaban J connectivity index is 0.995. The smallest absolute Gasteiger partial charge is 0.0725 e. The van der Waals surface area contributed by atoms with Gasteiger partial charge in [0.2, 0.25) is 0 Å². The number of hydrogen-bond donors (Lipinski definition) is 0. The standard InChI is InChI=1S/C67H53NS/c1-65(2,3)46-31-36-53-54-37-32-47(66(4,5)6)40-60(54)67(59(53)39-46)57-21-11-9-18-52(57)56-41-49(35-38-58(56)67)68(61-22-14-24-63-64(61)55-19-10-12-23-62(55)69-63)48-33-29-43(30-34-48)42-25-27-45(28-26-42)51-20-13-16-44-15-7-8-17-50(44)51/h7-41H,1-6H3. The zero-order chi connectivity index (χ0) is 46.8. The van der Waals surface area contributed by atoms with Crippen LogP contribution in [0.5, 0.6) is 0 Å². The molecule has 69 heavy (non-hydrogen) atoms. The zero-order valence-electron chi connectivity index (χ0n) is 40.1. The van der Waals surface area contributed by atoms with Gasteiger partial charge in [0.05, 0.1) is 11.1 Å². The Morgan fingerprint density at radius 3 is 1.59 bits per heavy atom. The first-order valence-corrected chi connectivity index (χ1v) is 25.2. The van der Waals surface area contributed by atoms with Gasteiger partial charge in [0.25, 0.3) is 0 Å². The summed E-state index contributed by atoms with van der Waals surface area (Å²) in [6, 6.07) is 80.5. The molecule has 0 amide bonds. The van der Waals surface area contributed by atoms with Gasteiger partial charge in [-0.2, -0.15) is 0 Å². The Bertz CT molecular complexity index is 3780. The van der Waals surface area contributed by atoms with E-state index in [1.54, 1.807) is 0 Å². The summed E-state index contributed by atoms with van der Waals surface area (Å²) in [7, 11) is 0. The fraction of sp³-hybridized carbons (Fsp3) is 0.134. The minimum Gasteiger partial charge on any atom is -0.310 e. The van der Waals surface area contributed by atoms with Gasteiger partial charge in [-0.3, -0.25) is 0 Å². The Hall–Kier alpha value is -7.52. The molecule has 13 rings (SSSR count). The van der Waals surface area contributed by atoms with Crippen LogP contribution in [0.3, 0.4) is 0 Å². The summed E-state index contributed by atoms with van der Waals surface area (Å²) in [6.45, 7) is 14.0. The fourth-order valence-electron chi connectivity index (χ4n) is 11.7. The molecule has 11 aromatic rings. The van der Waals surface area contributed by atoms with Crippen LogP contribution >= 0.6 is 11.3 Å². The third kappa shape index (κ3) is 6.35. The van der Waals surface area contributed by atoms with Crippen LogP contribution < -0.4 is 4.90 Å². The Kier molecular flexibility index (Phi) is 9.20. The SMILES string of the molecule is CC(C)(C)c1ccc2c(c1)C1(c3ccccc3-c3cc(N(c4ccc(-c5ccc(-c6cccc7ccccc67)cc5)cc4)c4cccc5sc6ccccc6c45)ccc31)c1cc(C(C)(C)C)ccc1-2. The van der Waals surface area contributed by atoms with E-state index >= 15 is 0 Å². The molecule has 0 bridgehead atoms. The number of rotatable bonds is 5. The van der Waals surface area contributed by atoms with Crippen LogP contribution in [0, 0.1) is 0 Å². The maximum atomic E-state index is 2.54. The summed E-state index contributed by atoms with van der Waals surface area (Å²) in [5, 5.41) is 5.11. The summed E-state index contributed by atoms with van der Waals surface area (Å²) in [4.78, 5) is 2.51. The van der Waals surface area contributed by atoms with Crippen LogP contribution in [-0.2, 0) is 16.2 Å². The first kappa shape index (κ1) is 41.7. The fourth-order valence-corrected chi connectivity index (χ4v) is 12.9. The van der Waals surface area contributed by atoms with Gasteiger partial charge in [0.1, 0.15) is 0 Å². The van der Waals surface area contributed by atoms with E-state index in [9.17, 15) is 0 Å². The molecular weight excluding hydrogens is 851 g/mol. The van der Waals surface area contributed by atoms with E-state index in [1.165, 1.54) is 115 Å². The van der Waals surface area contributed by atoms with Crippen molar-refractivity contribution in [1.82, 2.24) is 0 Å². The van der Waals surface area contributed by atoms with E-state index < -0.39 is 5.41 Å². The third-order valence-corrected chi connectivity index (χ3v) is 16.4. The minimum atomic E-state index is -0.461. The second kappa shape index (κ2) is 15.2. The van der Waals surface area contributed by atoms with Crippen LogP contribution in [0.4, 0.5) is 17.1 Å². The van der Waals surface area contributed by atoms with Crippen molar-refractivity contribution in [3.63, 3.8) is 0 Å². The molecule has 0 saturated heterocycles. The number of benzene rings is 10. The molecule has 0 N–H and O–H groups in total. The van der Waals surface area contributed by atoms with E-state index in [0.717, 1.165) is 11.4 Å². The van der Waals surface area contributed by atoms with Crippen LogP contribution in [0.15, 0.2) is 212 Å². The van der Waals surface area contributed by atoms with E-state index in [1.807, 2.05) is 11.3 Å². The number of nitrogens with zero attached hydrogens (tertiary/aromatic N) is 1. The van der Waals surface area contributed by atoms with Gasteiger partial charge in [0, 0.05) is 31.5 Å². The molecule has 2 aliphatic carbocycles. The monoisotopic (exact) mass is 903 g/mol. The first-order chi connectivity index (χ1) is 33.5. The van der Waals surface area contributed by atoms with E-state index in [2.05, 4.69) is 259 Å². The van der Waals surface area contributed by atoms with Crippen molar-refractivity contribution in [3.05, 3.63) is 246 Å². The highest BCUT2D eigenvalue weighted by molar-refractivity contribution is 7.26. The molecule has 1 spiro atoms. The molecule has 0 aliphatic heterocycles. The highest BCUT2D eigenvalue weighted by Crippen LogP contribution is 2.64. The predicted octanol–water partition coefficient (Wildman–Crippen LogP) is 18.9. The van der Waals surface area contributed by atoms with Gasteiger partial charge in [-0.05, 0) is 142 Å². The van der Waals surface area contributed by atoms with Crippen LogP contribution in [0.1, 0.15) is 74.9 Å². The Morgan fingerprint density at radius 1 is 0.362 bits per heavy atom. The second-order valence-electron chi connectivity index (χ2n) is 21.3. The van der Waals surface area contributed by atoms with Crippen LogP contribution in [-0.4, -0.2) is 0 Å². The van der Waals surface area contributed by atoms with Gasteiger partial charge in [-0.15, -0.1) is 11.3 Å². The molecule has 2 heteroatoms. The van der Waals surface area contributed by atoms with Crippen LogP contribution in [0.25, 0.3) is 75.5 Å². The topological polar surface area (TPSA) is 3.24 Å². The number of hydrogen-bond acceptors (Lipinski definition) is 2. The molecule has 0 unspecified atom stereocenters. The van der Waals surface area contributed by atoms with E-state index in [0.29, 0.717) is 0 Å². The highest BCUT2D eigenvalue weighted by atomic mass is 32.1. The molecule has 2 aliphatic rings. The molecule has 1 aromatic heterocycles. The largest absolute Gasteiger partial charge is 0.310 e. The molecule has 0 atom stereocenters. The number of anilines is 3. The van der Waals surface area contributed by atoms with Gasteiger partial charge in [0.15, 0.2) is 0 Å². The first-order valence-electron chi connectivity index (χ1n) is 24.4. The zero-order valence-corrected chi connectivity index (χ0v) is 40.9. The molecule has 0 radical (unpaired) electrons. The summed E-state index contributed by atoms with van der Waals surface area (Å²) in [5.74, 6) is 0. The minimum absolute atomic E-state index is 0.00375. The second-order valence-corrected chi connectivity index (χ2v) is 22.4. The lowest BCUT2D eigenvalue weighted by atomic mass is 9.69. The molecule has 1 heterocycles. The van der Waals surface area contributed by atoms with Crippen molar-refractivity contribution in [2.75, 3.05) is 4.90 Å². The number of fused-ring (bicyclic) bond motifs is 14. The quantitative estimate of drug-likeness (QED) is 0.166. The normalized spacial score (nSPS) is 13.5. The average Bonchev–Trinajstić information content (AvgIpc) is 4.00. The van der Waals surface area contributed by atoms with Crippen molar-refractivity contribution in [2.45, 2.75) is 57.8 Å². The maximum Gasteiger partial charge on any atom is 0.0725 e.